The van der Waals surface area contributed by atoms with Crippen molar-refractivity contribution in [3.63, 3.8) is 0 Å². The number of pyridine rings is 1. The monoisotopic (exact) mass is 347 g/mol. The van der Waals surface area contributed by atoms with Crippen LogP contribution in [0.15, 0.2) is 24.4 Å². The maximum Gasteiger partial charge on any atom is 0.410 e. The molecular weight excluding hydrogens is 318 g/mol. The molecule has 1 saturated heterocycles. The lowest BCUT2D eigenvalue weighted by Gasteiger charge is -2.35. The van der Waals surface area contributed by atoms with Crippen molar-refractivity contribution in [3.8, 4) is 0 Å². The van der Waals surface area contributed by atoms with E-state index in [0.29, 0.717) is 26.2 Å². The van der Waals surface area contributed by atoms with Gasteiger partial charge in [0.15, 0.2) is 0 Å². The van der Waals surface area contributed by atoms with Crippen molar-refractivity contribution in [3.05, 3.63) is 30.1 Å². The number of carbonyl (C=O) groups is 2. The highest BCUT2D eigenvalue weighted by Crippen LogP contribution is 2.22. The highest BCUT2D eigenvalue weighted by molar-refractivity contribution is 5.80. The largest absolute Gasteiger partial charge is 0.444 e. The average molecular weight is 347 g/mol. The molecule has 0 aromatic carbocycles. The van der Waals surface area contributed by atoms with Gasteiger partial charge in [0.05, 0.1) is 18.2 Å². The zero-order valence-electron chi connectivity index (χ0n) is 15.7. The summed E-state index contributed by atoms with van der Waals surface area (Å²) in [7, 11) is 0. The van der Waals surface area contributed by atoms with Crippen molar-refractivity contribution >= 4 is 12.0 Å². The fraction of sp³-hybridized carbons (Fsp3) is 0.632. The van der Waals surface area contributed by atoms with Gasteiger partial charge in [-0.05, 0) is 52.7 Å². The van der Waals surface area contributed by atoms with Gasteiger partial charge in [0, 0.05) is 25.8 Å². The van der Waals surface area contributed by atoms with E-state index in [9.17, 15) is 9.59 Å². The molecule has 2 amide bonds. The summed E-state index contributed by atoms with van der Waals surface area (Å²) in [6, 6.07) is 5.71. The zero-order chi connectivity index (χ0) is 18.4. The number of carbonyl (C=O) groups excluding carboxylic acids is 2. The molecule has 1 aromatic heterocycles. The van der Waals surface area contributed by atoms with Gasteiger partial charge in [-0.2, -0.15) is 0 Å². The highest BCUT2D eigenvalue weighted by atomic mass is 16.6. The molecule has 0 spiro atoms. The molecule has 1 aliphatic rings. The maximum atomic E-state index is 12.9. The molecule has 2 rings (SSSR count). The minimum atomic E-state index is -0.525. The van der Waals surface area contributed by atoms with Crippen LogP contribution in [0.3, 0.4) is 0 Å². The second kappa shape index (κ2) is 8.32. The second-order valence-electron chi connectivity index (χ2n) is 7.44. The lowest BCUT2D eigenvalue weighted by Crippen LogP contribution is -2.47. The molecule has 0 aliphatic carbocycles. The maximum absolute atomic E-state index is 12.9. The Morgan fingerprint density at radius 3 is 2.72 bits per heavy atom. The number of likely N-dealkylation sites (tertiary alicyclic amines) is 1. The standard InChI is InChI=1S/C19H29N3O3/c1-5-21(14-16-10-6-7-11-20-16)17(23)15-9-8-12-22(13-15)18(24)25-19(2,3)4/h6-7,10-11,15H,5,8-9,12-14H2,1-4H3/t15-/m1/s1. The Morgan fingerprint density at radius 1 is 1.36 bits per heavy atom. The van der Waals surface area contributed by atoms with E-state index in [0.717, 1.165) is 18.5 Å². The van der Waals surface area contributed by atoms with E-state index in [1.165, 1.54) is 0 Å². The SMILES string of the molecule is CCN(Cc1ccccn1)C(=O)[C@@H]1CCCN(C(=O)OC(C)(C)C)C1. The first-order valence-corrected chi connectivity index (χ1v) is 8.96. The van der Waals surface area contributed by atoms with Crippen LogP contribution >= 0.6 is 0 Å². The average Bonchev–Trinajstić information content (AvgIpc) is 2.58. The summed E-state index contributed by atoms with van der Waals surface area (Å²) in [5.74, 6) is -0.0913. The lowest BCUT2D eigenvalue weighted by atomic mass is 9.96. The van der Waals surface area contributed by atoms with Crippen molar-refractivity contribution in [2.24, 2.45) is 5.92 Å². The van der Waals surface area contributed by atoms with Crippen LogP contribution in [-0.4, -0.2) is 52.0 Å². The molecular formula is C19H29N3O3. The highest BCUT2D eigenvalue weighted by Gasteiger charge is 2.32. The molecule has 25 heavy (non-hydrogen) atoms. The third-order valence-electron chi connectivity index (χ3n) is 4.19. The number of ether oxygens (including phenoxy) is 1. The molecule has 6 heteroatoms. The van der Waals surface area contributed by atoms with E-state index < -0.39 is 5.60 Å². The molecule has 0 radical (unpaired) electrons. The number of aromatic nitrogens is 1. The normalized spacial score (nSPS) is 17.9. The Morgan fingerprint density at radius 2 is 2.12 bits per heavy atom. The fourth-order valence-corrected chi connectivity index (χ4v) is 2.96. The van der Waals surface area contributed by atoms with Crippen molar-refractivity contribution in [1.82, 2.24) is 14.8 Å². The topological polar surface area (TPSA) is 62.7 Å². The first-order chi connectivity index (χ1) is 11.8. The fourth-order valence-electron chi connectivity index (χ4n) is 2.96. The first kappa shape index (κ1) is 19.2. The molecule has 0 saturated carbocycles. The number of nitrogens with zero attached hydrogens (tertiary/aromatic N) is 3. The molecule has 1 atom stereocenters. The summed E-state index contributed by atoms with van der Waals surface area (Å²) >= 11 is 0. The van der Waals surface area contributed by atoms with Crippen LogP contribution < -0.4 is 0 Å². The summed E-state index contributed by atoms with van der Waals surface area (Å²) in [5.41, 5.74) is 0.347. The summed E-state index contributed by atoms with van der Waals surface area (Å²) in [6.07, 6.45) is 3.02. The van der Waals surface area contributed by atoms with Gasteiger partial charge in [-0.15, -0.1) is 0 Å². The number of rotatable bonds is 4. The van der Waals surface area contributed by atoms with E-state index >= 15 is 0 Å². The minimum Gasteiger partial charge on any atom is -0.444 e. The van der Waals surface area contributed by atoms with Gasteiger partial charge in [0.2, 0.25) is 5.91 Å². The Bertz CT molecular complexity index is 583. The van der Waals surface area contributed by atoms with E-state index in [1.807, 2.05) is 50.8 Å². The molecule has 1 fully saturated rings. The third kappa shape index (κ3) is 5.73. The van der Waals surface area contributed by atoms with E-state index in [1.54, 1.807) is 11.1 Å². The Hall–Kier alpha value is -2.11. The second-order valence-corrected chi connectivity index (χ2v) is 7.44. The van der Waals surface area contributed by atoms with Crippen molar-refractivity contribution in [2.75, 3.05) is 19.6 Å². The quantitative estimate of drug-likeness (QED) is 0.840. The zero-order valence-corrected chi connectivity index (χ0v) is 15.7. The molecule has 138 valence electrons. The van der Waals surface area contributed by atoms with Gasteiger partial charge in [0.1, 0.15) is 5.60 Å². The number of amides is 2. The molecule has 1 aromatic rings. The molecule has 6 nitrogen and oxygen atoms in total. The van der Waals surface area contributed by atoms with Gasteiger partial charge < -0.3 is 14.5 Å². The lowest BCUT2D eigenvalue weighted by molar-refractivity contribution is -0.137. The van der Waals surface area contributed by atoms with Gasteiger partial charge in [-0.1, -0.05) is 6.07 Å². The first-order valence-electron chi connectivity index (χ1n) is 8.96. The smallest absolute Gasteiger partial charge is 0.410 e. The van der Waals surface area contributed by atoms with Gasteiger partial charge in [-0.3, -0.25) is 9.78 Å². The van der Waals surface area contributed by atoms with Gasteiger partial charge in [0.25, 0.3) is 0 Å². The van der Waals surface area contributed by atoms with Crippen LogP contribution in [-0.2, 0) is 16.1 Å². The molecule has 0 N–H and O–H groups in total. The minimum absolute atomic E-state index is 0.0846. The Balaban J connectivity index is 1.98. The van der Waals surface area contributed by atoms with Crippen LogP contribution in [0.25, 0.3) is 0 Å². The number of piperidine rings is 1. The van der Waals surface area contributed by atoms with Crippen molar-refractivity contribution in [2.45, 2.75) is 52.7 Å². The van der Waals surface area contributed by atoms with E-state index in [4.69, 9.17) is 4.74 Å². The third-order valence-corrected chi connectivity index (χ3v) is 4.19. The predicted molar refractivity (Wildman–Crippen MR) is 95.9 cm³/mol. The van der Waals surface area contributed by atoms with Crippen LogP contribution in [0.4, 0.5) is 4.79 Å². The Labute approximate surface area is 150 Å². The summed E-state index contributed by atoms with van der Waals surface area (Å²) in [6.45, 7) is 9.71. The van der Waals surface area contributed by atoms with Crippen molar-refractivity contribution in [1.29, 1.82) is 0 Å². The van der Waals surface area contributed by atoms with E-state index in [2.05, 4.69) is 4.98 Å². The van der Waals surface area contributed by atoms with Gasteiger partial charge in [-0.25, -0.2) is 4.79 Å². The van der Waals surface area contributed by atoms with Crippen LogP contribution in [0.5, 0.6) is 0 Å². The van der Waals surface area contributed by atoms with Crippen LogP contribution in [0, 0.1) is 5.92 Å². The van der Waals surface area contributed by atoms with Crippen LogP contribution in [0.2, 0.25) is 0 Å². The van der Waals surface area contributed by atoms with Gasteiger partial charge >= 0.3 is 6.09 Å². The number of hydrogen-bond acceptors (Lipinski definition) is 4. The summed E-state index contributed by atoms with van der Waals surface area (Å²) in [4.78, 5) is 33.0. The predicted octanol–water partition coefficient (Wildman–Crippen LogP) is 3.08. The molecule has 2 heterocycles. The Kier molecular flexibility index (Phi) is 6.39. The van der Waals surface area contributed by atoms with E-state index in [-0.39, 0.29) is 17.9 Å². The molecule has 0 bridgehead atoms. The summed E-state index contributed by atoms with van der Waals surface area (Å²) < 4.78 is 5.44. The molecule has 1 aliphatic heterocycles. The molecule has 0 unspecified atom stereocenters. The van der Waals surface area contributed by atoms with Crippen molar-refractivity contribution < 1.29 is 14.3 Å². The summed E-state index contributed by atoms with van der Waals surface area (Å²) in [5, 5.41) is 0. The number of hydrogen-bond donors (Lipinski definition) is 0. The van der Waals surface area contributed by atoms with Crippen LogP contribution in [0.1, 0.15) is 46.2 Å².